The Morgan fingerprint density at radius 1 is 0.882 bits per heavy atom. The van der Waals surface area contributed by atoms with E-state index >= 15 is 0 Å². The topological polar surface area (TPSA) is 114 Å². The highest BCUT2D eigenvalue weighted by molar-refractivity contribution is 6.34. The summed E-state index contributed by atoms with van der Waals surface area (Å²) in [5.41, 5.74) is 3.12. The predicted octanol–water partition coefficient (Wildman–Crippen LogP) is 4.13. The van der Waals surface area contributed by atoms with Gasteiger partial charge in [-0.1, -0.05) is 35.3 Å². The first kappa shape index (κ1) is 26.9. The van der Waals surface area contributed by atoms with E-state index in [-0.39, 0.29) is 40.6 Å². The van der Waals surface area contributed by atoms with Crippen LogP contribution >= 0.6 is 23.2 Å². The monoisotopic (exact) mass is 519 g/mol. The molecule has 2 aromatic rings. The Morgan fingerprint density at radius 3 is 2.26 bits per heavy atom. The van der Waals surface area contributed by atoms with E-state index in [2.05, 4.69) is 16.2 Å². The minimum absolute atomic E-state index is 0.00606. The molecule has 0 fully saturated rings. The Morgan fingerprint density at radius 2 is 1.59 bits per heavy atom. The van der Waals surface area contributed by atoms with Gasteiger partial charge in [-0.15, -0.1) is 0 Å². The molecule has 0 radical (unpaired) electrons. The third-order valence-electron chi connectivity index (χ3n) is 4.15. The van der Waals surface area contributed by atoms with Gasteiger partial charge >= 0.3 is 12.1 Å². The van der Waals surface area contributed by atoms with Crippen molar-refractivity contribution in [2.45, 2.75) is 25.4 Å². The first-order valence-corrected chi connectivity index (χ1v) is 10.4. The molecule has 2 aromatic carbocycles. The fourth-order valence-electron chi connectivity index (χ4n) is 2.50. The summed E-state index contributed by atoms with van der Waals surface area (Å²) >= 11 is 11.7. The summed E-state index contributed by atoms with van der Waals surface area (Å²) in [6.45, 7) is -0.687. The van der Waals surface area contributed by atoms with Crippen LogP contribution in [-0.4, -0.2) is 30.3 Å². The number of halogens is 5. The maximum absolute atomic E-state index is 12.8. The highest BCUT2D eigenvalue weighted by Gasteiger charge is 2.31. The number of benzene rings is 2. The average Bonchev–Trinajstić information content (AvgIpc) is 2.77. The van der Waals surface area contributed by atoms with Crippen LogP contribution in [0, 0.1) is 0 Å². The van der Waals surface area contributed by atoms with Crippen molar-refractivity contribution in [1.82, 2.24) is 10.9 Å². The number of nitrogens with one attached hydrogen (secondary N) is 3. The van der Waals surface area contributed by atoms with Gasteiger partial charge in [0.15, 0.2) is 6.61 Å². The number of hydrogen-bond acceptors (Lipinski definition) is 5. The van der Waals surface area contributed by atoms with Crippen LogP contribution < -0.4 is 16.2 Å². The van der Waals surface area contributed by atoms with Crippen molar-refractivity contribution in [3.8, 4) is 0 Å². The van der Waals surface area contributed by atoms with Gasteiger partial charge in [0.1, 0.15) is 0 Å². The number of rotatable bonds is 8. The van der Waals surface area contributed by atoms with Crippen molar-refractivity contribution in [3.63, 3.8) is 0 Å². The fourth-order valence-corrected chi connectivity index (χ4v) is 2.88. The van der Waals surface area contributed by atoms with E-state index in [4.69, 9.17) is 27.9 Å². The minimum atomic E-state index is -4.60. The number of amides is 3. The van der Waals surface area contributed by atoms with Crippen molar-refractivity contribution in [1.29, 1.82) is 0 Å². The highest BCUT2D eigenvalue weighted by Crippen LogP contribution is 2.33. The third-order valence-corrected chi connectivity index (χ3v) is 4.81. The summed E-state index contributed by atoms with van der Waals surface area (Å²) in [5.74, 6) is -2.94. The maximum atomic E-state index is 12.8. The number of hydrogen-bond donors (Lipinski definition) is 3. The van der Waals surface area contributed by atoms with Crippen molar-refractivity contribution in [2.24, 2.45) is 0 Å². The van der Waals surface area contributed by atoms with E-state index in [1.54, 1.807) is 12.1 Å². The molecule has 0 atom stereocenters. The molecule has 3 amide bonds. The summed E-state index contributed by atoms with van der Waals surface area (Å²) in [5, 5.41) is 2.36. The van der Waals surface area contributed by atoms with Crippen LogP contribution in [0.25, 0.3) is 0 Å². The molecule has 3 N–H and O–H groups in total. The summed E-state index contributed by atoms with van der Waals surface area (Å²) in [4.78, 5) is 47.3. The van der Waals surface area contributed by atoms with Crippen LogP contribution in [0.4, 0.5) is 18.9 Å². The lowest BCUT2D eigenvalue weighted by Gasteiger charge is -2.11. The van der Waals surface area contributed by atoms with Crippen LogP contribution in [0.5, 0.6) is 0 Å². The van der Waals surface area contributed by atoms with E-state index in [1.165, 1.54) is 12.1 Å². The smallest absolute Gasteiger partial charge is 0.416 e. The van der Waals surface area contributed by atoms with Gasteiger partial charge < -0.3 is 10.1 Å². The van der Waals surface area contributed by atoms with Gasteiger partial charge in [-0.2, -0.15) is 13.2 Å². The lowest BCUT2D eigenvalue weighted by atomic mass is 10.2. The van der Waals surface area contributed by atoms with Crippen molar-refractivity contribution in [3.05, 3.63) is 63.6 Å². The van der Waals surface area contributed by atoms with Gasteiger partial charge in [-0.05, 0) is 36.8 Å². The number of esters is 1. The SMILES string of the molecule is O=C(COC(=O)CCCC(=O)Nc1cc(C(F)(F)F)ccc1Cl)NNC(=O)c1ccccc1Cl. The molecule has 8 nitrogen and oxygen atoms in total. The first-order chi connectivity index (χ1) is 16.0. The molecule has 0 aliphatic heterocycles. The normalized spacial score (nSPS) is 10.9. The maximum Gasteiger partial charge on any atom is 0.416 e. The number of carbonyl (C=O) groups is 4. The fraction of sp³-hybridized carbons (Fsp3) is 0.238. The molecule has 0 aromatic heterocycles. The molecule has 0 saturated carbocycles. The molecule has 182 valence electrons. The van der Waals surface area contributed by atoms with E-state index < -0.39 is 42.0 Å². The largest absolute Gasteiger partial charge is 0.455 e. The van der Waals surface area contributed by atoms with Crippen molar-refractivity contribution < 1.29 is 37.1 Å². The summed E-state index contributed by atoms with van der Waals surface area (Å²) in [6.07, 6.45) is -5.03. The molecule has 13 heteroatoms. The minimum Gasteiger partial charge on any atom is -0.455 e. The summed E-state index contributed by atoms with van der Waals surface area (Å²) in [6, 6.07) is 8.65. The Labute approximate surface area is 201 Å². The zero-order valence-corrected chi connectivity index (χ0v) is 18.8. The second-order valence-electron chi connectivity index (χ2n) is 6.74. The van der Waals surface area contributed by atoms with Crippen LogP contribution in [-0.2, 0) is 25.3 Å². The number of ether oxygens (including phenoxy) is 1. The molecule has 0 aliphatic rings. The molecule has 0 saturated heterocycles. The van der Waals surface area contributed by atoms with E-state index in [0.29, 0.717) is 6.07 Å². The van der Waals surface area contributed by atoms with Crippen LogP contribution in [0.2, 0.25) is 10.0 Å². The van der Waals surface area contributed by atoms with Gasteiger partial charge in [-0.25, -0.2) is 0 Å². The Hall–Kier alpha value is -3.31. The Bertz CT molecular complexity index is 1080. The first-order valence-electron chi connectivity index (χ1n) is 9.63. The third kappa shape index (κ3) is 8.56. The van der Waals surface area contributed by atoms with Crippen LogP contribution in [0.15, 0.2) is 42.5 Å². The lowest BCUT2D eigenvalue weighted by Crippen LogP contribution is -2.43. The second kappa shape index (κ2) is 12.2. The van der Waals surface area contributed by atoms with E-state index in [0.717, 1.165) is 12.1 Å². The Kier molecular flexibility index (Phi) is 9.69. The molecule has 34 heavy (non-hydrogen) atoms. The van der Waals surface area contributed by atoms with Crippen LogP contribution in [0.3, 0.4) is 0 Å². The van der Waals surface area contributed by atoms with E-state index in [1.807, 2.05) is 0 Å². The molecule has 0 bridgehead atoms. The molecule has 0 spiro atoms. The zero-order valence-electron chi connectivity index (χ0n) is 17.3. The molecular weight excluding hydrogens is 502 g/mol. The van der Waals surface area contributed by atoms with Crippen molar-refractivity contribution >= 4 is 52.6 Å². The molecular formula is C21H18Cl2F3N3O5. The van der Waals surface area contributed by atoms with Gasteiger partial charge in [0.2, 0.25) is 5.91 Å². The predicted molar refractivity (Wildman–Crippen MR) is 117 cm³/mol. The molecule has 0 unspecified atom stereocenters. The number of alkyl halides is 3. The van der Waals surface area contributed by atoms with Gasteiger partial charge in [0, 0.05) is 12.8 Å². The number of carbonyl (C=O) groups excluding carboxylic acids is 4. The van der Waals surface area contributed by atoms with Crippen LogP contribution in [0.1, 0.15) is 35.2 Å². The molecule has 2 rings (SSSR count). The standard InChI is InChI=1S/C21H18Cl2F3N3O5/c22-14-5-2-1-4-13(14)20(33)29-28-18(31)11-34-19(32)7-3-6-17(30)27-16-10-12(21(24,25)26)8-9-15(16)23/h1-2,4-5,8-10H,3,6-7,11H2,(H,27,30)(H,28,31)(H,29,33). The van der Waals surface area contributed by atoms with Gasteiger partial charge in [0.05, 0.1) is 26.9 Å². The second-order valence-corrected chi connectivity index (χ2v) is 7.55. The number of hydrazine groups is 1. The average molecular weight is 520 g/mol. The van der Waals surface area contributed by atoms with E-state index in [9.17, 15) is 32.3 Å². The van der Waals surface area contributed by atoms with Gasteiger partial charge in [-0.3, -0.25) is 30.0 Å². The lowest BCUT2D eigenvalue weighted by molar-refractivity contribution is -0.148. The molecule has 0 heterocycles. The van der Waals surface area contributed by atoms with Crippen molar-refractivity contribution in [2.75, 3.05) is 11.9 Å². The quantitative estimate of drug-likeness (QED) is 0.358. The summed E-state index contributed by atoms with van der Waals surface area (Å²) < 4.78 is 43.1. The van der Waals surface area contributed by atoms with Gasteiger partial charge in [0.25, 0.3) is 11.8 Å². The number of anilines is 1. The zero-order chi connectivity index (χ0) is 25.3. The Balaban J connectivity index is 1.68. The summed E-state index contributed by atoms with van der Waals surface area (Å²) in [7, 11) is 0. The highest BCUT2D eigenvalue weighted by atomic mass is 35.5. The molecule has 0 aliphatic carbocycles.